The van der Waals surface area contributed by atoms with E-state index in [1.54, 1.807) is 0 Å². The van der Waals surface area contributed by atoms with Gasteiger partial charge >= 0.3 is 0 Å². The quantitative estimate of drug-likeness (QED) is 0.663. The molecule has 2 heteroatoms. The van der Waals surface area contributed by atoms with Gasteiger partial charge in [0.25, 0.3) is 0 Å². The van der Waals surface area contributed by atoms with Crippen LogP contribution in [0.25, 0.3) is 11.1 Å². The van der Waals surface area contributed by atoms with Crippen molar-refractivity contribution in [2.45, 2.75) is 19.3 Å². The topological polar surface area (TPSA) is 43.1 Å². The van der Waals surface area contributed by atoms with Gasteiger partial charge in [-0.2, -0.15) is 0 Å². The van der Waals surface area contributed by atoms with E-state index in [0.717, 1.165) is 35.2 Å². The van der Waals surface area contributed by atoms with E-state index in [0.29, 0.717) is 5.78 Å². The molecular formula is C17H17NO. The van der Waals surface area contributed by atoms with Gasteiger partial charge in [-0.25, -0.2) is 0 Å². The van der Waals surface area contributed by atoms with Gasteiger partial charge in [-0.1, -0.05) is 42.8 Å². The van der Waals surface area contributed by atoms with Gasteiger partial charge in [-0.3, -0.25) is 4.79 Å². The molecule has 2 aromatic rings. The molecule has 0 aromatic heterocycles. The van der Waals surface area contributed by atoms with Crippen molar-refractivity contribution in [3.05, 3.63) is 54.1 Å². The molecule has 1 saturated carbocycles. The van der Waals surface area contributed by atoms with Gasteiger partial charge < -0.3 is 5.73 Å². The van der Waals surface area contributed by atoms with Crippen LogP contribution in [0.15, 0.2) is 48.5 Å². The normalized spacial score (nSPS) is 14.9. The van der Waals surface area contributed by atoms with Gasteiger partial charge in [-0.15, -0.1) is 0 Å². The molecule has 2 N–H and O–H groups in total. The van der Waals surface area contributed by atoms with Crippen LogP contribution in [0.2, 0.25) is 0 Å². The second-order valence-electron chi connectivity index (χ2n) is 5.19. The van der Waals surface area contributed by atoms with E-state index < -0.39 is 0 Å². The molecule has 1 fully saturated rings. The molecule has 0 unspecified atom stereocenters. The standard InChI is InChI=1S/C17H17NO/c18-16-10-8-13(9-11-16)12-4-6-15(7-5-12)17(19)14-2-1-3-14/h4-11,14H,1-3,18H2. The smallest absolute Gasteiger partial charge is 0.165 e. The molecule has 0 spiro atoms. The molecule has 2 aromatic carbocycles. The summed E-state index contributed by atoms with van der Waals surface area (Å²) in [5, 5.41) is 0. The van der Waals surface area contributed by atoms with Crippen molar-refractivity contribution in [3.63, 3.8) is 0 Å². The minimum Gasteiger partial charge on any atom is -0.399 e. The summed E-state index contributed by atoms with van der Waals surface area (Å²) in [6.45, 7) is 0. The lowest BCUT2D eigenvalue weighted by atomic mass is 9.80. The van der Waals surface area contributed by atoms with E-state index >= 15 is 0 Å². The van der Waals surface area contributed by atoms with Crippen LogP contribution in [0.3, 0.4) is 0 Å². The lowest BCUT2D eigenvalue weighted by Crippen LogP contribution is -2.21. The molecule has 19 heavy (non-hydrogen) atoms. The zero-order chi connectivity index (χ0) is 13.2. The van der Waals surface area contributed by atoms with Crippen molar-refractivity contribution in [2.75, 3.05) is 5.73 Å². The Balaban J connectivity index is 1.82. The van der Waals surface area contributed by atoms with Crippen molar-refractivity contribution in [3.8, 4) is 11.1 Å². The fraction of sp³-hybridized carbons (Fsp3) is 0.235. The number of hydrogen-bond acceptors (Lipinski definition) is 2. The Morgan fingerprint density at radius 1 is 0.895 bits per heavy atom. The average Bonchev–Trinajstić information content (AvgIpc) is 2.38. The predicted octanol–water partition coefficient (Wildman–Crippen LogP) is 3.92. The molecule has 0 aliphatic heterocycles. The number of nitrogen functional groups attached to an aromatic ring is 1. The van der Waals surface area contributed by atoms with Crippen LogP contribution < -0.4 is 5.73 Å². The second kappa shape index (κ2) is 4.88. The van der Waals surface area contributed by atoms with E-state index in [4.69, 9.17) is 5.73 Å². The first-order chi connectivity index (χ1) is 9.24. The number of carbonyl (C=O) groups excluding carboxylic acids is 1. The minimum absolute atomic E-state index is 0.266. The van der Waals surface area contributed by atoms with Crippen LogP contribution in [0.1, 0.15) is 29.6 Å². The Bertz CT molecular complexity index is 580. The number of anilines is 1. The van der Waals surface area contributed by atoms with Gasteiger partial charge in [0, 0.05) is 17.2 Å². The average molecular weight is 251 g/mol. The second-order valence-corrected chi connectivity index (χ2v) is 5.19. The van der Waals surface area contributed by atoms with Crippen molar-refractivity contribution in [1.82, 2.24) is 0 Å². The number of ketones is 1. The van der Waals surface area contributed by atoms with E-state index in [9.17, 15) is 4.79 Å². The van der Waals surface area contributed by atoms with Gasteiger partial charge in [-0.05, 0) is 36.1 Å². The number of Topliss-reactive ketones (excluding diaryl/α,β-unsaturated/α-hetero) is 1. The summed E-state index contributed by atoms with van der Waals surface area (Å²) in [4.78, 5) is 12.1. The van der Waals surface area contributed by atoms with Crippen molar-refractivity contribution in [2.24, 2.45) is 5.92 Å². The first-order valence-electron chi connectivity index (χ1n) is 6.74. The van der Waals surface area contributed by atoms with E-state index in [1.807, 2.05) is 48.5 Å². The van der Waals surface area contributed by atoms with Crippen LogP contribution in [0.5, 0.6) is 0 Å². The maximum absolute atomic E-state index is 12.1. The van der Waals surface area contributed by atoms with Crippen LogP contribution in [0, 0.1) is 5.92 Å². The molecule has 0 heterocycles. The number of rotatable bonds is 3. The Morgan fingerprint density at radius 3 is 1.89 bits per heavy atom. The summed E-state index contributed by atoms with van der Waals surface area (Å²) in [7, 11) is 0. The zero-order valence-electron chi connectivity index (χ0n) is 10.8. The van der Waals surface area contributed by atoms with Gasteiger partial charge in [0.2, 0.25) is 0 Å². The Hall–Kier alpha value is -2.09. The van der Waals surface area contributed by atoms with Gasteiger partial charge in [0.1, 0.15) is 0 Å². The largest absolute Gasteiger partial charge is 0.399 e. The van der Waals surface area contributed by atoms with E-state index in [2.05, 4.69) is 0 Å². The third-order valence-electron chi connectivity index (χ3n) is 3.89. The van der Waals surface area contributed by atoms with Crippen molar-refractivity contribution >= 4 is 11.5 Å². The first-order valence-corrected chi connectivity index (χ1v) is 6.74. The SMILES string of the molecule is Nc1ccc(-c2ccc(C(=O)C3CCC3)cc2)cc1. The van der Waals surface area contributed by atoms with Crippen LogP contribution in [0.4, 0.5) is 5.69 Å². The predicted molar refractivity (Wildman–Crippen MR) is 78.0 cm³/mol. The number of benzene rings is 2. The summed E-state index contributed by atoms with van der Waals surface area (Å²) >= 11 is 0. The van der Waals surface area contributed by atoms with Crippen LogP contribution >= 0.6 is 0 Å². The van der Waals surface area contributed by atoms with Crippen molar-refractivity contribution < 1.29 is 4.79 Å². The maximum atomic E-state index is 12.1. The molecule has 0 atom stereocenters. The molecule has 1 aliphatic rings. The lowest BCUT2D eigenvalue weighted by molar-refractivity contribution is 0.0855. The highest BCUT2D eigenvalue weighted by Gasteiger charge is 2.25. The van der Waals surface area contributed by atoms with E-state index in [-0.39, 0.29) is 5.92 Å². The third kappa shape index (κ3) is 2.39. The molecule has 96 valence electrons. The Morgan fingerprint density at radius 2 is 1.42 bits per heavy atom. The highest BCUT2D eigenvalue weighted by atomic mass is 16.1. The fourth-order valence-electron chi connectivity index (χ4n) is 2.41. The summed E-state index contributed by atoms with van der Waals surface area (Å²) in [6, 6.07) is 15.7. The Kier molecular flexibility index (Phi) is 3.08. The highest BCUT2D eigenvalue weighted by molar-refractivity contribution is 5.98. The summed E-state index contributed by atoms with van der Waals surface area (Å²) in [5.74, 6) is 0.567. The molecule has 0 radical (unpaired) electrons. The Labute approximate surface area is 113 Å². The molecule has 2 nitrogen and oxygen atoms in total. The maximum Gasteiger partial charge on any atom is 0.165 e. The summed E-state index contributed by atoms with van der Waals surface area (Å²) in [6.07, 6.45) is 3.30. The van der Waals surface area contributed by atoms with Crippen LogP contribution in [-0.4, -0.2) is 5.78 Å². The lowest BCUT2D eigenvalue weighted by Gasteiger charge is -2.23. The van der Waals surface area contributed by atoms with Crippen molar-refractivity contribution in [1.29, 1.82) is 0 Å². The number of carbonyl (C=O) groups is 1. The van der Waals surface area contributed by atoms with Crippen LogP contribution in [-0.2, 0) is 0 Å². The number of hydrogen-bond donors (Lipinski definition) is 1. The molecule has 3 rings (SSSR count). The molecule has 0 bridgehead atoms. The molecular weight excluding hydrogens is 234 g/mol. The molecule has 1 aliphatic carbocycles. The fourth-order valence-corrected chi connectivity index (χ4v) is 2.41. The highest BCUT2D eigenvalue weighted by Crippen LogP contribution is 2.30. The first kappa shape index (κ1) is 12.0. The van der Waals surface area contributed by atoms with Gasteiger partial charge in [0.05, 0.1) is 0 Å². The van der Waals surface area contributed by atoms with E-state index in [1.165, 1.54) is 6.42 Å². The summed E-state index contributed by atoms with van der Waals surface area (Å²) < 4.78 is 0. The summed E-state index contributed by atoms with van der Waals surface area (Å²) in [5.41, 5.74) is 9.52. The van der Waals surface area contributed by atoms with Gasteiger partial charge in [0.15, 0.2) is 5.78 Å². The number of nitrogens with two attached hydrogens (primary N) is 1. The monoisotopic (exact) mass is 251 g/mol. The zero-order valence-corrected chi connectivity index (χ0v) is 10.8. The molecule has 0 saturated heterocycles. The third-order valence-corrected chi connectivity index (χ3v) is 3.89. The molecule has 0 amide bonds. The minimum atomic E-state index is 0.266.